The second-order valence-electron chi connectivity index (χ2n) is 2.90. The van der Waals surface area contributed by atoms with Crippen molar-refractivity contribution < 1.29 is 9.13 Å². The molecule has 0 N–H and O–H groups in total. The van der Waals surface area contributed by atoms with Crippen molar-refractivity contribution in [2.45, 2.75) is 19.8 Å². The molecule has 1 rings (SSSR count). The monoisotopic (exact) mass is 236 g/mol. The van der Waals surface area contributed by atoms with Gasteiger partial charge in [0.25, 0.3) is 0 Å². The third-order valence-corrected chi connectivity index (χ3v) is 2.21. The highest BCUT2D eigenvalue weighted by Gasteiger charge is 2.09. The summed E-state index contributed by atoms with van der Waals surface area (Å²) in [4.78, 5) is 0. The van der Waals surface area contributed by atoms with Gasteiger partial charge in [0.05, 0.1) is 11.6 Å². The predicted octanol–water partition coefficient (Wildman–Crippen LogP) is 4.31. The average molecular weight is 237 g/mol. The van der Waals surface area contributed by atoms with Gasteiger partial charge in [0.2, 0.25) is 0 Å². The lowest BCUT2D eigenvalue weighted by atomic mass is 10.3. The molecule has 1 aromatic carbocycles. The highest BCUT2D eigenvalue weighted by molar-refractivity contribution is 6.35. The Balaban J connectivity index is 2.75. The normalized spacial score (nSPS) is 10.3. The Morgan fingerprint density at radius 1 is 1.36 bits per heavy atom. The van der Waals surface area contributed by atoms with Crippen molar-refractivity contribution in [2.24, 2.45) is 0 Å². The molecule has 0 amide bonds. The number of halogens is 3. The van der Waals surface area contributed by atoms with Gasteiger partial charge in [0.15, 0.2) is 11.6 Å². The van der Waals surface area contributed by atoms with Gasteiger partial charge < -0.3 is 4.74 Å². The van der Waals surface area contributed by atoms with E-state index in [4.69, 9.17) is 27.9 Å². The number of hydrogen-bond donors (Lipinski definition) is 0. The summed E-state index contributed by atoms with van der Waals surface area (Å²) in [5.41, 5.74) is 0. The van der Waals surface area contributed by atoms with Crippen LogP contribution in [-0.2, 0) is 0 Å². The molecule has 0 aliphatic rings. The van der Waals surface area contributed by atoms with Gasteiger partial charge in [-0.15, -0.1) is 0 Å². The molecule has 0 unspecified atom stereocenters. The molecule has 0 aromatic heterocycles. The van der Waals surface area contributed by atoms with E-state index in [0.29, 0.717) is 6.61 Å². The van der Waals surface area contributed by atoms with E-state index in [0.717, 1.165) is 12.8 Å². The molecule has 0 saturated heterocycles. The van der Waals surface area contributed by atoms with Crippen LogP contribution in [0, 0.1) is 5.82 Å². The van der Waals surface area contributed by atoms with Crippen LogP contribution >= 0.6 is 23.2 Å². The molecule has 0 bridgehead atoms. The van der Waals surface area contributed by atoms with E-state index in [1.807, 2.05) is 6.92 Å². The van der Waals surface area contributed by atoms with Crippen molar-refractivity contribution >= 4 is 23.2 Å². The minimum absolute atomic E-state index is 0.0875. The largest absolute Gasteiger partial charge is 0.489 e. The summed E-state index contributed by atoms with van der Waals surface area (Å²) in [6, 6.07) is 2.65. The molecular formula is C10H11Cl2FO. The first-order valence-corrected chi connectivity index (χ1v) is 5.18. The Morgan fingerprint density at radius 2 is 2.07 bits per heavy atom. The van der Waals surface area contributed by atoms with Gasteiger partial charge in [-0.1, -0.05) is 36.5 Å². The van der Waals surface area contributed by atoms with Crippen molar-refractivity contribution in [3.8, 4) is 5.75 Å². The van der Waals surface area contributed by atoms with Crippen molar-refractivity contribution in [1.29, 1.82) is 0 Å². The van der Waals surface area contributed by atoms with E-state index in [-0.39, 0.29) is 15.8 Å². The third-order valence-electron chi connectivity index (χ3n) is 1.71. The molecule has 0 radical (unpaired) electrons. The van der Waals surface area contributed by atoms with Crippen LogP contribution in [0.5, 0.6) is 5.75 Å². The van der Waals surface area contributed by atoms with E-state index in [2.05, 4.69) is 0 Å². The molecule has 0 saturated carbocycles. The number of unbranched alkanes of at least 4 members (excludes halogenated alkanes) is 1. The van der Waals surface area contributed by atoms with Gasteiger partial charge in [-0.2, -0.15) is 0 Å². The topological polar surface area (TPSA) is 9.23 Å². The first kappa shape index (κ1) is 11.6. The van der Waals surface area contributed by atoms with E-state index in [1.165, 1.54) is 12.1 Å². The van der Waals surface area contributed by atoms with E-state index in [1.54, 1.807) is 0 Å². The maximum Gasteiger partial charge on any atom is 0.173 e. The van der Waals surface area contributed by atoms with Crippen LogP contribution in [0.2, 0.25) is 10.0 Å². The van der Waals surface area contributed by atoms with E-state index < -0.39 is 5.82 Å². The molecule has 0 spiro atoms. The lowest BCUT2D eigenvalue weighted by Crippen LogP contribution is -1.99. The highest BCUT2D eigenvalue weighted by Crippen LogP contribution is 2.31. The summed E-state index contributed by atoms with van der Waals surface area (Å²) in [6.45, 7) is 2.50. The van der Waals surface area contributed by atoms with Gasteiger partial charge in [-0.3, -0.25) is 0 Å². The fourth-order valence-corrected chi connectivity index (χ4v) is 1.51. The second kappa shape index (κ2) is 5.42. The van der Waals surface area contributed by atoms with Crippen LogP contribution in [-0.4, -0.2) is 6.61 Å². The van der Waals surface area contributed by atoms with Crippen molar-refractivity contribution in [2.75, 3.05) is 6.61 Å². The van der Waals surface area contributed by atoms with Crippen molar-refractivity contribution in [3.63, 3.8) is 0 Å². The van der Waals surface area contributed by atoms with Gasteiger partial charge in [0.1, 0.15) is 0 Å². The molecule has 0 aliphatic carbocycles. The Hall–Kier alpha value is -0.470. The maximum absolute atomic E-state index is 13.2. The zero-order valence-corrected chi connectivity index (χ0v) is 9.33. The molecule has 4 heteroatoms. The van der Waals surface area contributed by atoms with Crippen LogP contribution in [0.3, 0.4) is 0 Å². The zero-order chi connectivity index (χ0) is 10.6. The SMILES string of the molecule is CCCCOc1c(F)cc(Cl)cc1Cl. The molecule has 0 heterocycles. The fraction of sp³-hybridized carbons (Fsp3) is 0.400. The van der Waals surface area contributed by atoms with E-state index >= 15 is 0 Å². The van der Waals surface area contributed by atoms with Crippen LogP contribution in [0.1, 0.15) is 19.8 Å². The Morgan fingerprint density at radius 3 is 2.64 bits per heavy atom. The minimum atomic E-state index is -0.515. The lowest BCUT2D eigenvalue weighted by Gasteiger charge is -2.08. The van der Waals surface area contributed by atoms with Gasteiger partial charge in [-0.05, 0) is 18.6 Å². The number of ether oxygens (including phenoxy) is 1. The predicted molar refractivity (Wildman–Crippen MR) is 56.8 cm³/mol. The number of benzene rings is 1. The van der Waals surface area contributed by atoms with Gasteiger partial charge in [0, 0.05) is 5.02 Å². The molecular weight excluding hydrogens is 226 g/mol. The molecule has 1 nitrogen and oxygen atoms in total. The number of rotatable bonds is 4. The summed E-state index contributed by atoms with van der Waals surface area (Å²) >= 11 is 11.4. The van der Waals surface area contributed by atoms with Crippen molar-refractivity contribution in [1.82, 2.24) is 0 Å². The molecule has 78 valence electrons. The lowest BCUT2D eigenvalue weighted by molar-refractivity contribution is 0.294. The standard InChI is InChI=1S/C10H11Cl2FO/c1-2-3-4-14-10-8(12)5-7(11)6-9(10)13/h5-6H,2-4H2,1H3. The van der Waals surface area contributed by atoms with Crippen LogP contribution in [0.25, 0.3) is 0 Å². The molecule has 0 atom stereocenters. The molecule has 14 heavy (non-hydrogen) atoms. The van der Waals surface area contributed by atoms with Gasteiger partial charge >= 0.3 is 0 Å². The summed E-state index contributed by atoms with van der Waals surface area (Å²) < 4.78 is 18.4. The first-order chi connectivity index (χ1) is 6.65. The second-order valence-corrected chi connectivity index (χ2v) is 3.74. The minimum Gasteiger partial charge on any atom is -0.489 e. The van der Waals surface area contributed by atoms with E-state index in [9.17, 15) is 4.39 Å². The first-order valence-electron chi connectivity index (χ1n) is 4.42. The van der Waals surface area contributed by atoms with Crippen LogP contribution in [0.4, 0.5) is 4.39 Å². The smallest absolute Gasteiger partial charge is 0.173 e. The van der Waals surface area contributed by atoms with Crippen molar-refractivity contribution in [3.05, 3.63) is 28.0 Å². The average Bonchev–Trinajstić information content (AvgIpc) is 2.09. The van der Waals surface area contributed by atoms with Crippen LogP contribution < -0.4 is 4.74 Å². The molecule has 0 aliphatic heterocycles. The third kappa shape index (κ3) is 3.03. The maximum atomic E-state index is 13.2. The summed E-state index contributed by atoms with van der Waals surface area (Å²) in [5.74, 6) is -0.428. The highest BCUT2D eigenvalue weighted by atomic mass is 35.5. The summed E-state index contributed by atoms with van der Waals surface area (Å²) in [6.07, 6.45) is 1.87. The van der Waals surface area contributed by atoms with Crippen LogP contribution in [0.15, 0.2) is 12.1 Å². The summed E-state index contributed by atoms with van der Waals surface area (Å²) in [7, 11) is 0. The zero-order valence-electron chi connectivity index (χ0n) is 7.82. The Bertz CT molecular complexity index is 292. The molecule has 0 fully saturated rings. The summed E-state index contributed by atoms with van der Waals surface area (Å²) in [5, 5.41) is 0.487. The molecule has 1 aromatic rings. The Kier molecular flexibility index (Phi) is 4.49. The fourth-order valence-electron chi connectivity index (χ4n) is 0.985. The van der Waals surface area contributed by atoms with Gasteiger partial charge in [-0.25, -0.2) is 4.39 Å². The Labute approximate surface area is 92.8 Å². The number of hydrogen-bond acceptors (Lipinski definition) is 1. The quantitative estimate of drug-likeness (QED) is 0.709.